The fourth-order valence-corrected chi connectivity index (χ4v) is 2.87. The lowest BCUT2D eigenvalue weighted by molar-refractivity contribution is -0.141. The smallest absolute Gasteiger partial charge is 0.261 e. The Morgan fingerprint density at radius 2 is 1.70 bits per heavy atom. The minimum Gasteiger partial charge on any atom is -0.261 e. The predicted octanol–water partition coefficient (Wildman–Crippen LogP) is 6.34. The van der Waals surface area contributed by atoms with Gasteiger partial charge in [-0.05, 0) is 30.9 Å². The molecule has 3 rings (SSSR count). The summed E-state index contributed by atoms with van der Waals surface area (Å²) in [7, 11) is 0. The number of hydrogen-bond donors (Lipinski definition) is 1. The Morgan fingerprint density at radius 3 is 2.33 bits per heavy atom. The second-order valence-electron chi connectivity index (χ2n) is 6.94. The van der Waals surface area contributed by atoms with Crippen molar-refractivity contribution in [2.45, 2.75) is 39.3 Å². The maximum Gasteiger partial charge on any atom is 0.433 e. The summed E-state index contributed by atoms with van der Waals surface area (Å²) in [6, 6.07) is 17.4. The van der Waals surface area contributed by atoms with Gasteiger partial charge in [0.05, 0.1) is 5.71 Å². The van der Waals surface area contributed by atoms with Crippen molar-refractivity contribution in [1.29, 1.82) is 0 Å². The van der Waals surface area contributed by atoms with E-state index in [4.69, 9.17) is 0 Å². The molecule has 1 N–H and O–H groups in total. The maximum atomic E-state index is 13.3. The molecule has 0 aliphatic carbocycles. The lowest BCUT2D eigenvalue weighted by Gasteiger charge is -2.11. The van der Waals surface area contributed by atoms with Gasteiger partial charge in [0.15, 0.2) is 17.3 Å². The van der Waals surface area contributed by atoms with E-state index in [1.54, 1.807) is 37.3 Å². The van der Waals surface area contributed by atoms with Crippen LogP contribution in [0.5, 0.6) is 0 Å². The standard InChI is InChI=1S/C23H23F3N4/c1-3-4-8-17-11-13-18(14-12-17)16(2)29-30-21-15-20(23(24,25)26)27-22(28-21)19-9-6-5-7-10-19/h5-7,9-15H,3-4,8H2,1-2H3,(H,27,28,30). The van der Waals surface area contributed by atoms with E-state index in [2.05, 4.69) is 27.4 Å². The average Bonchev–Trinajstić information content (AvgIpc) is 2.76. The van der Waals surface area contributed by atoms with Gasteiger partial charge in [0.25, 0.3) is 0 Å². The highest BCUT2D eigenvalue weighted by Gasteiger charge is 2.33. The molecule has 0 fully saturated rings. The third-order valence-corrected chi connectivity index (χ3v) is 4.58. The van der Waals surface area contributed by atoms with Crippen LogP contribution in [0.1, 0.15) is 43.5 Å². The van der Waals surface area contributed by atoms with E-state index in [1.165, 1.54) is 5.56 Å². The zero-order valence-electron chi connectivity index (χ0n) is 16.9. The Hall–Kier alpha value is -3.22. The number of unbranched alkanes of at least 4 members (excludes halogenated alkanes) is 1. The van der Waals surface area contributed by atoms with Gasteiger partial charge in [0, 0.05) is 11.6 Å². The molecule has 7 heteroatoms. The SMILES string of the molecule is CCCCc1ccc(C(C)=NNc2cc(C(F)(F)F)nc(-c3ccccc3)n2)cc1. The second-order valence-corrected chi connectivity index (χ2v) is 6.94. The molecule has 0 saturated carbocycles. The predicted molar refractivity (Wildman–Crippen MR) is 113 cm³/mol. The van der Waals surface area contributed by atoms with E-state index in [9.17, 15) is 13.2 Å². The van der Waals surface area contributed by atoms with E-state index in [1.807, 2.05) is 24.3 Å². The summed E-state index contributed by atoms with van der Waals surface area (Å²) >= 11 is 0. The van der Waals surface area contributed by atoms with Crippen LogP contribution in [0, 0.1) is 0 Å². The molecule has 0 saturated heterocycles. The normalized spacial score (nSPS) is 12.1. The molecule has 0 atom stereocenters. The van der Waals surface area contributed by atoms with Crippen molar-refractivity contribution in [3.8, 4) is 11.4 Å². The fourth-order valence-electron chi connectivity index (χ4n) is 2.87. The maximum absolute atomic E-state index is 13.3. The van der Waals surface area contributed by atoms with Crippen LogP contribution >= 0.6 is 0 Å². The van der Waals surface area contributed by atoms with Crippen molar-refractivity contribution in [2.75, 3.05) is 5.43 Å². The van der Waals surface area contributed by atoms with Gasteiger partial charge in [-0.25, -0.2) is 9.97 Å². The monoisotopic (exact) mass is 412 g/mol. The third kappa shape index (κ3) is 5.65. The van der Waals surface area contributed by atoms with Crippen LogP contribution in [0.15, 0.2) is 65.8 Å². The Kier molecular flexibility index (Phi) is 6.82. The summed E-state index contributed by atoms with van der Waals surface area (Å²) in [5.74, 6) is -0.0313. The third-order valence-electron chi connectivity index (χ3n) is 4.58. The highest BCUT2D eigenvalue weighted by atomic mass is 19.4. The number of rotatable bonds is 7. The van der Waals surface area contributed by atoms with Gasteiger partial charge in [-0.15, -0.1) is 0 Å². The molecular formula is C23H23F3N4. The first-order valence-corrected chi connectivity index (χ1v) is 9.78. The summed E-state index contributed by atoms with van der Waals surface area (Å²) in [5, 5.41) is 4.22. The zero-order chi connectivity index (χ0) is 21.6. The molecule has 30 heavy (non-hydrogen) atoms. The molecule has 0 amide bonds. The Morgan fingerprint density at radius 1 is 1.00 bits per heavy atom. The Bertz CT molecular complexity index is 997. The van der Waals surface area contributed by atoms with Crippen molar-refractivity contribution in [3.05, 3.63) is 77.5 Å². The number of benzene rings is 2. The van der Waals surface area contributed by atoms with Gasteiger partial charge in [-0.3, -0.25) is 5.43 Å². The highest BCUT2D eigenvalue weighted by Crippen LogP contribution is 2.30. The minimum absolute atomic E-state index is 0.0129. The number of aryl methyl sites for hydroxylation is 1. The minimum atomic E-state index is -4.59. The van der Waals surface area contributed by atoms with Crippen LogP contribution in [-0.2, 0) is 12.6 Å². The number of nitrogens with one attached hydrogen (secondary N) is 1. The average molecular weight is 412 g/mol. The number of anilines is 1. The fraction of sp³-hybridized carbons (Fsp3) is 0.261. The van der Waals surface area contributed by atoms with E-state index in [0.29, 0.717) is 11.3 Å². The van der Waals surface area contributed by atoms with Crippen LogP contribution in [0.2, 0.25) is 0 Å². The van der Waals surface area contributed by atoms with Crippen molar-refractivity contribution < 1.29 is 13.2 Å². The van der Waals surface area contributed by atoms with Crippen molar-refractivity contribution in [1.82, 2.24) is 9.97 Å². The first-order chi connectivity index (χ1) is 14.4. The van der Waals surface area contributed by atoms with E-state index in [0.717, 1.165) is 30.9 Å². The van der Waals surface area contributed by atoms with Crippen LogP contribution in [0.4, 0.5) is 19.0 Å². The lowest BCUT2D eigenvalue weighted by Crippen LogP contribution is -2.11. The van der Waals surface area contributed by atoms with Crippen molar-refractivity contribution >= 4 is 11.5 Å². The van der Waals surface area contributed by atoms with Gasteiger partial charge >= 0.3 is 6.18 Å². The Balaban J connectivity index is 1.84. The number of hydrogen-bond acceptors (Lipinski definition) is 4. The molecule has 0 radical (unpaired) electrons. The molecule has 0 aliphatic rings. The number of alkyl halides is 3. The summed E-state index contributed by atoms with van der Waals surface area (Å²) < 4.78 is 39.9. The summed E-state index contributed by atoms with van der Waals surface area (Å²) in [4.78, 5) is 7.87. The van der Waals surface area contributed by atoms with E-state index < -0.39 is 11.9 Å². The molecule has 3 aromatic rings. The second kappa shape index (κ2) is 9.52. The summed E-state index contributed by atoms with van der Waals surface area (Å²) in [6.07, 6.45) is -1.30. The molecule has 4 nitrogen and oxygen atoms in total. The van der Waals surface area contributed by atoms with Crippen LogP contribution < -0.4 is 5.43 Å². The topological polar surface area (TPSA) is 50.2 Å². The lowest BCUT2D eigenvalue weighted by atomic mass is 10.0. The zero-order valence-corrected chi connectivity index (χ0v) is 16.9. The molecule has 156 valence electrons. The molecule has 1 heterocycles. The van der Waals surface area contributed by atoms with Crippen LogP contribution in [-0.4, -0.2) is 15.7 Å². The number of halogens is 3. The van der Waals surface area contributed by atoms with E-state index in [-0.39, 0.29) is 11.6 Å². The van der Waals surface area contributed by atoms with Crippen LogP contribution in [0.25, 0.3) is 11.4 Å². The number of aromatic nitrogens is 2. The Labute approximate surface area is 173 Å². The van der Waals surface area contributed by atoms with Gasteiger partial charge in [-0.2, -0.15) is 18.3 Å². The largest absolute Gasteiger partial charge is 0.433 e. The van der Waals surface area contributed by atoms with E-state index >= 15 is 0 Å². The van der Waals surface area contributed by atoms with Crippen molar-refractivity contribution in [2.24, 2.45) is 5.10 Å². The molecular weight excluding hydrogens is 389 g/mol. The van der Waals surface area contributed by atoms with Gasteiger partial charge < -0.3 is 0 Å². The van der Waals surface area contributed by atoms with Gasteiger partial charge in [0.2, 0.25) is 0 Å². The van der Waals surface area contributed by atoms with Crippen molar-refractivity contribution in [3.63, 3.8) is 0 Å². The van der Waals surface area contributed by atoms with Gasteiger partial charge in [-0.1, -0.05) is 67.9 Å². The van der Waals surface area contributed by atoms with Gasteiger partial charge in [0.1, 0.15) is 0 Å². The summed E-state index contributed by atoms with van der Waals surface area (Å²) in [6.45, 7) is 3.94. The summed E-state index contributed by atoms with van der Waals surface area (Å²) in [5.41, 5.74) is 4.90. The number of nitrogens with zero attached hydrogens (tertiary/aromatic N) is 3. The number of hydrazone groups is 1. The first-order valence-electron chi connectivity index (χ1n) is 9.78. The quantitative estimate of drug-likeness (QED) is 0.364. The highest BCUT2D eigenvalue weighted by molar-refractivity contribution is 5.99. The molecule has 2 aromatic carbocycles. The first kappa shape index (κ1) is 21.5. The molecule has 0 bridgehead atoms. The molecule has 0 unspecified atom stereocenters. The molecule has 0 spiro atoms. The van der Waals surface area contributed by atoms with Crippen LogP contribution in [0.3, 0.4) is 0 Å². The molecule has 0 aliphatic heterocycles. The molecule has 1 aromatic heterocycles.